The molecule has 7 heteroatoms. The maximum absolute atomic E-state index is 13.1. The van der Waals surface area contributed by atoms with Gasteiger partial charge in [-0.15, -0.1) is 0 Å². The van der Waals surface area contributed by atoms with Crippen LogP contribution in [0.1, 0.15) is 5.56 Å². The van der Waals surface area contributed by atoms with E-state index in [4.69, 9.17) is 0 Å². The van der Waals surface area contributed by atoms with Crippen LogP contribution in [0.15, 0.2) is 60.7 Å². The monoisotopic (exact) mass is 397 g/mol. The van der Waals surface area contributed by atoms with Gasteiger partial charge in [0.1, 0.15) is 11.9 Å². The number of amides is 2. The Balaban J connectivity index is 1.52. The Hall–Kier alpha value is -3.19. The minimum absolute atomic E-state index is 0.287. The molecule has 0 spiro atoms. The zero-order valence-corrected chi connectivity index (χ0v) is 16.0. The van der Waals surface area contributed by atoms with E-state index in [0.717, 1.165) is 11.3 Å². The lowest BCUT2D eigenvalue weighted by Crippen LogP contribution is -2.56. The average Bonchev–Trinajstić information content (AvgIpc) is 2.77. The van der Waals surface area contributed by atoms with Gasteiger partial charge in [-0.1, -0.05) is 30.3 Å². The molecule has 1 fully saturated rings. The second kappa shape index (κ2) is 9.84. The summed E-state index contributed by atoms with van der Waals surface area (Å²) < 4.78 is 13.1. The molecule has 1 aliphatic rings. The second-order valence-corrected chi connectivity index (χ2v) is 6.78. The molecule has 2 aromatic carbocycles. The van der Waals surface area contributed by atoms with Crippen LogP contribution in [0.25, 0.3) is 6.08 Å². The van der Waals surface area contributed by atoms with E-state index in [1.54, 1.807) is 23.1 Å². The third-order valence-electron chi connectivity index (χ3n) is 4.81. The summed E-state index contributed by atoms with van der Waals surface area (Å²) in [5.74, 6) is -1.04. The van der Waals surface area contributed by atoms with Crippen molar-refractivity contribution in [2.24, 2.45) is 0 Å². The van der Waals surface area contributed by atoms with Crippen molar-refractivity contribution in [2.75, 3.05) is 37.7 Å². The van der Waals surface area contributed by atoms with Gasteiger partial charge in [0, 0.05) is 37.9 Å². The fraction of sp³-hybridized carbons (Fsp3) is 0.273. The third-order valence-corrected chi connectivity index (χ3v) is 4.81. The number of aliphatic hydroxyl groups is 1. The van der Waals surface area contributed by atoms with Crippen LogP contribution in [0.5, 0.6) is 0 Å². The van der Waals surface area contributed by atoms with Crippen molar-refractivity contribution in [1.82, 2.24) is 10.2 Å². The van der Waals surface area contributed by atoms with Crippen LogP contribution in [0.3, 0.4) is 0 Å². The van der Waals surface area contributed by atoms with E-state index in [0.29, 0.717) is 26.2 Å². The number of piperazine rings is 1. The number of anilines is 1. The number of hydrogen-bond donors (Lipinski definition) is 2. The molecular weight excluding hydrogens is 373 g/mol. The summed E-state index contributed by atoms with van der Waals surface area (Å²) in [6.07, 6.45) is 2.99. The van der Waals surface area contributed by atoms with E-state index in [2.05, 4.69) is 10.2 Å². The normalized spacial score (nSPS) is 15.4. The first-order valence-electron chi connectivity index (χ1n) is 9.50. The molecule has 6 nitrogen and oxygen atoms in total. The highest BCUT2D eigenvalue weighted by Gasteiger charge is 2.28. The highest BCUT2D eigenvalue weighted by atomic mass is 19.1. The van der Waals surface area contributed by atoms with Crippen molar-refractivity contribution in [3.05, 3.63) is 72.1 Å². The van der Waals surface area contributed by atoms with Gasteiger partial charge in [-0.3, -0.25) is 9.59 Å². The number of halogens is 1. The molecule has 1 saturated heterocycles. The number of rotatable bonds is 6. The van der Waals surface area contributed by atoms with Gasteiger partial charge in [-0.25, -0.2) is 4.39 Å². The number of benzene rings is 2. The summed E-state index contributed by atoms with van der Waals surface area (Å²) in [4.78, 5) is 28.5. The topological polar surface area (TPSA) is 72.9 Å². The zero-order chi connectivity index (χ0) is 20.6. The molecule has 0 radical (unpaired) electrons. The van der Waals surface area contributed by atoms with Crippen LogP contribution in [0.4, 0.5) is 10.1 Å². The molecular formula is C22H24FN3O3. The third kappa shape index (κ3) is 5.65. The summed E-state index contributed by atoms with van der Waals surface area (Å²) in [6, 6.07) is 14.6. The summed E-state index contributed by atoms with van der Waals surface area (Å²) in [5, 5.41) is 12.1. The van der Waals surface area contributed by atoms with Crippen LogP contribution in [-0.4, -0.2) is 60.6 Å². The van der Waals surface area contributed by atoms with Crippen LogP contribution < -0.4 is 10.2 Å². The first-order valence-corrected chi connectivity index (χ1v) is 9.50. The predicted molar refractivity (Wildman–Crippen MR) is 110 cm³/mol. The van der Waals surface area contributed by atoms with Gasteiger partial charge in [-0.05, 0) is 35.9 Å². The Morgan fingerprint density at radius 1 is 1.03 bits per heavy atom. The molecule has 0 bridgehead atoms. The molecule has 0 saturated carbocycles. The van der Waals surface area contributed by atoms with Gasteiger partial charge in [0.2, 0.25) is 11.8 Å². The second-order valence-electron chi connectivity index (χ2n) is 6.78. The van der Waals surface area contributed by atoms with Gasteiger partial charge in [0.25, 0.3) is 0 Å². The first-order chi connectivity index (χ1) is 14.1. The van der Waals surface area contributed by atoms with Gasteiger partial charge in [0.05, 0.1) is 6.61 Å². The fourth-order valence-electron chi connectivity index (χ4n) is 3.20. The van der Waals surface area contributed by atoms with E-state index < -0.39 is 18.6 Å². The van der Waals surface area contributed by atoms with E-state index in [9.17, 15) is 19.1 Å². The highest BCUT2D eigenvalue weighted by Crippen LogP contribution is 2.17. The SMILES string of the molecule is O=C(C=Cc1ccccc1)N[C@@H](CO)C(=O)N1CCN(c2ccc(F)cc2)CC1. The Bertz CT molecular complexity index is 847. The number of nitrogens with zero attached hydrogens (tertiary/aromatic N) is 2. The molecule has 29 heavy (non-hydrogen) atoms. The van der Waals surface area contributed by atoms with Crippen molar-refractivity contribution in [2.45, 2.75) is 6.04 Å². The lowest BCUT2D eigenvalue weighted by Gasteiger charge is -2.37. The van der Waals surface area contributed by atoms with Gasteiger partial charge < -0.3 is 20.2 Å². The highest BCUT2D eigenvalue weighted by molar-refractivity contribution is 5.95. The minimum atomic E-state index is -0.986. The summed E-state index contributed by atoms with van der Waals surface area (Å²) >= 11 is 0. The Labute approximate surface area is 169 Å². The van der Waals surface area contributed by atoms with Gasteiger partial charge in [-0.2, -0.15) is 0 Å². The number of nitrogens with one attached hydrogen (secondary N) is 1. The molecule has 2 aromatic rings. The molecule has 2 amide bonds. The molecule has 0 aliphatic carbocycles. The largest absolute Gasteiger partial charge is 0.394 e. The molecule has 0 aromatic heterocycles. The average molecular weight is 397 g/mol. The van der Waals surface area contributed by atoms with E-state index >= 15 is 0 Å². The molecule has 152 valence electrons. The first kappa shape index (κ1) is 20.5. The van der Waals surface area contributed by atoms with E-state index in [-0.39, 0.29) is 11.7 Å². The van der Waals surface area contributed by atoms with Crippen molar-refractivity contribution < 1.29 is 19.1 Å². The Morgan fingerprint density at radius 3 is 2.31 bits per heavy atom. The number of aliphatic hydroxyl groups excluding tert-OH is 1. The molecule has 0 unspecified atom stereocenters. The predicted octanol–water partition coefficient (Wildman–Crippen LogP) is 1.66. The lowest BCUT2D eigenvalue weighted by molar-refractivity contribution is -0.137. The van der Waals surface area contributed by atoms with Crippen LogP contribution >= 0.6 is 0 Å². The quantitative estimate of drug-likeness (QED) is 0.728. The van der Waals surface area contributed by atoms with Crippen LogP contribution in [-0.2, 0) is 9.59 Å². The molecule has 1 atom stereocenters. The summed E-state index contributed by atoms with van der Waals surface area (Å²) in [7, 11) is 0. The van der Waals surface area contributed by atoms with Crippen LogP contribution in [0, 0.1) is 5.82 Å². The van der Waals surface area contributed by atoms with Crippen molar-refractivity contribution in [1.29, 1.82) is 0 Å². The molecule has 1 aliphatic heterocycles. The lowest BCUT2D eigenvalue weighted by atomic mass is 10.2. The van der Waals surface area contributed by atoms with Gasteiger partial charge >= 0.3 is 0 Å². The number of hydrogen-bond acceptors (Lipinski definition) is 4. The maximum Gasteiger partial charge on any atom is 0.247 e. The van der Waals surface area contributed by atoms with Gasteiger partial charge in [0.15, 0.2) is 0 Å². The minimum Gasteiger partial charge on any atom is -0.394 e. The molecule has 2 N–H and O–H groups in total. The Morgan fingerprint density at radius 2 is 1.69 bits per heavy atom. The van der Waals surface area contributed by atoms with Crippen molar-refractivity contribution in [3.8, 4) is 0 Å². The van der Waals surface area contributed by atoms with Crippen LogP contribution in [0.2, 0.25) is 0 Å². The van der Waals surface area contributed by atoms with Crippen molar-refractivity contribution >= 4 is 23.6 Å². The number of carbonyl (C=O) groups excluding carboxylic acids is 2. The Kier molecular flexibility index (Phi) is 6.97. The smallest absolute Gasteiger partial charge is 0.247 e. The standard InChI is InChI=1S/C22H24FN3O3/c23-18-7-9-19(10-8-18)25-12-14-26(15-13-25)22(29)20(16-27)24-21(28)11-6-17-4-2-1-3-5-17/h1-11,20,27H,12-16H2,(H,24,28)/t20-/m0/s1. The molecule has 3 rings (SSSR count). The summed E-state index contributed by atoms with van der Waals surface area (Å²) in [5.41, 5.74) is 1.77. The summed E-state index contributed by atoms with van der Waals surface area (Å²) in [6.45, 7) is 1.64. The fourth-order valence-corrected chi connectivity index (χ4v) is 3.20. The van der Waals surface area contributed by atoms with E-state index in [1.807, 2.05) is 30.3 Å². The molecule has 1 heterocycles. The van der Waals surface area contributed by atoms with Crippen molar-refractivity contribution in [3.63, 3.8) is 0 Å². The van der Waals surface area contributed by atoms with E-state index in [1.165, 1.54) is 18.2 Å². The number of carbonyl (C=O) groups is 2. The maximum atomic E-state index is 13.1. The zero-order valence-electron chi connectivity index (χ0n) is 16.0.